The lowest BCUT2D eigenvalue weighted by molar-refractivity contribution is 1.06. The first-order valence-electron chi connectivity index (χ1n) is 34.8. The summed E-state index contributed by atoms with van der Waals surface area (Å²) in [6, 6.07) is 87.9. The van der Waals surface area contributed by atoms with Crippen LogP contribution >= 0.6 is 0 Å². The molecule has 0 bridgehead atoms. The van der Waals surface area contributed by atoms with Gasteiger partial charge in [-0.3, -0.25) is 24.9 Å². The van der Waals surface area contributed by atoms with Crippen molar-refractivity contribution in [3.05, 3.63) is 308 Å². The average Bonchev–Trinajstić information content (AvgIpc) is 0.991. The van der Waals surface area contributed by atoms with E-state index < -0.39 is 0 Å². The summed E-state index contributed by atoms with van der Waals surface area (Å²) in [7, 11) is 0. The Morgan fingerprint density at radius 1 is 0.181 bits per heavy atom. The predicted molar refractivity (Wildman–Crippen MR) is 429 cm³/mol. The summed E-state index contributed by atoms with van der Waals surface area (Å²) < 4.78 is 0. The van der Waals surface area contributed by atoms with Gasteiger partial charge in [0.1, 0.15) is 0 Å². The molecule has 0 atom stereocenters. The second-order valence-corrected chi connectivity index (χ2v) is 17.6. The quantitative estimate of drug-likeness (QED) is 0.112. The number of nitrogens with zero attached hydrogens (tertiary/aromatic N) is 5. The van der Waals surface area contributed by atoms with Gasteiger partial charge in [0.15, 0.2) is 0 Å². The summed E-state index contributed by atoms with van der Waals surface area (Å²) in [5, 5.41) is 14.4. The third-order valence-electron chi connectivity index (χ3n) is 11.9. The zero-order valence-corrected chi connectivity index (χ0v) is 62.4. The number of aryl methyl sites for hydroxylation is 4. The monoisotopic (exact) mass is 1260 g/mol. The molecule has 0 unspecified atom stereocenters. The van der Waals surface area contributed by atoms with Crippen molar-refractivity contribution in [3.8, 4) is 0 Å². The van der Waals surface area contributed by atoms with Crippen molar-refractivity contribution in [1.82, 2.24) is 24.9 Å². The van der Waals surface area contributed by atoms with E-state index in [0.29, 0.717) is 0 Å². The molecule has 94 heavy (non-hydrogen) atoms. The molecule has 0 fully saturated rings. The van der Waals surface area contributed by atoms with Crippen LogP contribution in [-0.2, 0) is 0 Å². The number of hydrogen-bond donors (Lipinski definition) is 0. The first kappa shape index (κ1) is 88.7. The van der Waals surface area contributed by atoms with Crippen molar-refractivity contribution in [2.45, 2.75) is 166 Å². The zero-order chi connectivity index (χ0) is 71.2. The molecule has 14 rings (SSSR count). The highest BCUT2D eigenvalue weighted by Crippen LogP contribution is 2.25. The van der Waals surface area contributed by atoms with Crippen LogP contribution in [0.2, 0.25) is 0 Å². The highest BCUT2D eigenvalue weighted by atomic mass is 14.8. The van der Waals surface area contributed by atoms with Crippen molar-refractivity contribution < 1.29 is 0 Å². The number of pyridine rings is 1. The molecule has 0 radical (unpaired) electrons. The van der Waals surface area contributed by atoms with Crippen LogP contribution in [0.5, 0.6) is 0 Å². The first-order valence-corrected chi connectivity index (χ1v) is 34.8. The van der Waals surface area contributed by atoms with Gasteiger partial charge in [-0.2, -0.15) is 0 Å². The van der Waals surface area contributed by atoms with Gasteiger partial charge in [-0.05, 0) is 118 Å². The van der Waals surface area contributed by atoms with Crippen LogP contribution in [-0.4, -0.2) is 24.9 Å². The smallest absolute Gasteiger partial charge is 0.0886 e. The van der Waals surface area contributed by atoms with Crippen molar-refractivity contribution in [1.29, 1.82) is 0 Å². The topological polar surface area (TPSA) is 64.5 Å². The Labute approximate surface area is 571 Å². The van der Waals surface area contributed by atoms with Crippen LogP contribution in [0.15, 0.2) is 286 Å². The van der Waals surface area contributed by atoms with E-state index >= 15 is 0 Å². The molecule has 0 aliphatic heterocycles. The second-order valence-electron chi connectivity index (χ2n) is 17.6. The van der Waals surface area contributed by atoms with Gasteiger partial charge in [0.25, 0.3) is 0 Å². The molecule has 0 aliphatic rings. The fraction of sp³-hybridized carbons (Fsp3) is 0.270. The zero-order valence-electron chi connectivity index (χ0n) is 62.4. The third-order valence-corrected chi connectivity index (χ3v) is 11.9. The summed E-state index contributed by atoms with van der Waals surface area (Å²) in [6.45, 7) is 48.0. The van der Waals surface area contributed by atoms with E-state index in [1.165, 1.54) is 70.4 Å². The molecule has 5 heteroatoms. The minimum Gasteiger partial charge on any atom is -0.258 e. The molecule has 11 aromatic carbocycles. The Kier molecular flexibility index (Phi) is 57.7. The molecule has 0 saturated carbocycles. The Morgan fingerprint density at radius 2 is 0.415 bits per heavy atom. The largest absolute Gasteiger partial charge is 0.258 e. The summed E-state index contributed by atoms with van der Waals surface area (Å²) >= 11 is 0. The molecule has 500 valence electrons. The van der Waals surface area contributed by atoms with Crippen molar-refractivity contribution in [2.75, 3.05) is 0 Å². The van der Waals surface area contributed by atoms with Crippen molar-refractivity contribution in [3.63, 3.8) is 0 Å². The maximum atomic E-state index is 4.18. The molecule has 3 aromatic heterocycles. The Hall–Kier alpha value is -9.45. The van der Waals surface area contributed by atoms with Crippen molar-refractivity contribution in [2.24, 2.45) is 0 Å². The van der Waals surface area contributed by atoms with Gasteiger partial charge in [0, 0.05) is 36.4 Å². The molecule has 0 amide bonds. The summed E-state index contributed by atoms with van der Waals surface area (Å²) in [6.07, 6.45) is 8.72. The maximum absolute atomic E-state index is 4.18. The average molecular weight is 1260 g/mol. The summed E-state index contributed by atoms with van der Waals surface area (Å²) in [5.41, 5.74) is 7.55. The van der Waals surface area contributed by atoms with Crippen LogP contribution < -0.4 is 0 Å². The van der Waals surface area contributed by atoms with E-state index in [-0.39, 0.29) is 0 Å². The molecule has 3 heterocycles. The molecule has 0 spiro atoms. The van der Waals surface area contributed by atoms with Gasteiger partial charge >= 0.3 is 0 Å². The number of aromatic nitrogens is 5. The number of rotatable bonds is 0. The molecule has 0 aliphatic carbocycles. The molecule has 0 saturated heterocycles. The van der Waals surface area contributed by atoms with E-state index in [2.05, 4.69) is 245 Å². The number of benzene rings is 11. The lowest BCUT2D eigenvalue weighted by atomic mass is 10.0. The Morgan fingerprint density at radius 3 is 0.713 bits per heavy atom. The van der Waals surface area contributed by atoms with E-state index in [1.807, 2.05) is 207 Å². The SMILES string of the molecule is CC.CC.CC.CC.CC.CC.CC.CC.CC.CC.Cc1ccc(C)cc1.Cc1cnc(C)cn1.c1ccc2c(c1)ccc1ccccc12.c1ccc2cc3ccccc3cc2c1.c1ccc2ccccc2c1.c1ccc2ncccc2c1.c1ccc2nccnc2c1. The Bertz CT molecular complexity index is 3340. The minimum atomic E-state index is 0.949. The van der Waals surface area contributed by atoms with Gasteiger partial charge in [-0.25, -0.2) is 0 Å². The molecular formula is C89H119N5. The third kappa shape index (κ3) is 34.8. The van der Waals surface area contributed by atoms with E-state index in [0.717, 1.165) is 27.9 Å². The lowest BCUT2D eigenvalue weighted by Crippen LogP contribution is -1.84. The van der Waals surface area contributed by atoms with Gasteiger partial charge in [-0.1, -0.05) is 368 Å². The van der Waals surface area contributed by atoms with E-state index in [9.17, 15) is 0 Å². The lowest BCUT2D eigenvalue weighted by Gasteiger charge is -2.02. The summed E-state index contributed by atoms with van der Waals surface area (Å²) in [5.74, 6) is 0. The van der Waals surface area contributed by atoms with Crippen molar-refractivity contribution >= 4 is 75.8 Å². The fourth-order valence-electron chi connectivity index (χ4n) is 7.99. The van der Waals surface area contributed by atoms with E-state index in [4.69, 9.17) is 0 Å². The van der Waals surface area contributed by atoms with Crippen LogP contribution in [0.3, 0.4) is 0 Å². The van der Waals surface area contributed by atoms with Gasteiger partial charge in [-0.15, -0.1) is 0 Å². The van der Waals surface area contributed by atoms with Crippen LogP contribution in [0, 0.1) is 27.7 Å². The number of hydrogen-bond acceptors (Lipinski definition) is 5. The Balaban J connectivity index is -0.000000990. The molecule has 5 nitrogen and oxygen atoms in total. The number of fused-ring (bicyclic) bond motifs is 8. The standard InChI is InChI=1S/2C14H10.C10H8.C9H7N.C8H6N2.C8H10.C6H8N2.10C2H6/c1-3-7-13-11(5-1)9-10-12-6-2-4-8-14(12)13;1-2-6-12-10-14-8-4-3-7-13(14)9-11(12)5-1;1-2-6-10-8-4-3-7-9(10)5-1;1-2-6-9-8(4-1)5-3-7-10-9;1-2-4-8-7(3-1)9-5-6-10-8;1-7-3-5-8(2)6-4-7;1-5-3-8-6(2)4-7-5;10*1-2/h2*1-10H;1-8H;1-7H;1-6H;3-6H,1-2H3;3-4H,1-2H3;10*1-2H3. The highest BCUT2D eigenvalue weighted by Gasteiger charge is 1.98. The fourth-order valence-corrected chi connectivity index (χ4v) is 7.99. The summed E-state index contributed by atoms with van der Waals surface area (Å²) in [4.78, 5) is 20.5. The molecular weight excluding hydrogens is 1140 g/mol. The minimum absolute atomic E-state index is 0.949. The normalized spacial score (nSPS) is 8.64. The second kappa shape index (κ2) is 61.1. The number of para-hydroxylation sites is 3. The molecule has 0 N–H and O–H groups in total. The van der Waals surface area contributed by atoms with Gasteiger partial charge in [0.2, 0.25) is 0 Å². The van der Waals surface area contributed by atoms with Crippen LogP contribution in [0.4, 0.5) is 0 Å². The van der Waals surface area contributed by atoms with Crippen LogP contribution in [0.1, 0.15) is 161 Å². The van der Waals surface area contributed by atoms with Gasteiger partial charge < -0.3 is 0 Å². The van der Waals surface area contributed by atoms with Gasteiger partial charge in [0.05, 0.1) is 27.9 Å². The van der Waals surface area contributed by atoms with Crippen LogP contribution in [0.25, 0.3) is 75.8 Å². The molecule has 14 aromatic rings. The highest BCUT2D eigenvalue weighted by molar-refractivity contribution is 6.07. The maximum Gasteiger partial charge on any atom is 0.0886 e. The van der Waals surface area contributed by atoms with E-state index in [1.54, 1.807) is 24.8 Å². The predicted octanol–water partition coefficient (Wildman–Crippen LogP) is 28.3. The first-order chi connectivity index (χ1) is 46.4.